The van der Waals surface area contributed by atoms with Gasteiger partial charge in [0.1, 0.15) is 18.4 Å². The van der Waals surface area contributed by atoms with Crippen LogP contribution in [0.5, 0.6) is 0 Å². The second-order valence-corrected chi connectivity index (χ2v) is 12.3. The highest BCUT2D eigenvalue weighted by Gasteiger charge is 2.50. The average Bonchev–Trinajstić information content (AvgIpc) is 3.18. The molecule has 3 rings (SSSR count). The number of halogens is 1. The third kappa shape index (κ3) is 11.6. The first-order valence-corrected chi connectivity index (χ1v) is 16.9. The van der Waals surface area contributed by atoms with Crippen molar-refractivity contribution in [3.05, 3.63) is 11.8 Å². The molecule has 44 heavy (non-hydrogen) atoms. The van der Waals surface area contributed by atoms with Crippen molar-refractivity contribution in [3.8, 4) is 12.3 Å². The van der Waals surface area contributed by atoms with Gasteiger partial charge in [-0.1, -0.05) is 109 Å². The highest BCUT2D eigenvalue weighted by Crippen LogP contribution is 2.38. The number of unbranched alkanes of at least 4 members (excludes halogenated alkanes) is 15. The molecule has 1 aromatic heterocycles. The fourth-order valence-corrected chi connectivity index (χ4v) is 6.02. The Morgan fingerprint density at radius 1 is 1.02 bits per heavy atom. The molecule has 1 saturated heterocycles. The first-order valence-electron chi connectivity index (χ1n) is 16.9. The highest BCUT2D eigenvalue weighted by atomic mass is 19.1. The summed E-state index contributed by atoms with van der Waals surface area (Å²) in [5.74, 6) is 2.22. The molecule has 0 radical (unpaired) electrons. The number of aliphatic hydroxyl groups excluding tert-OH is 1. The van der Waals surface area contributed by atoms with Gasteiger partial charge in [-0.15, -0.1) is 6.42 Å². The molecule has 0 aromatic carbocycles. The van der Waals surface area contributed by atoms with Gasteiger partial charge in [0.15, 0.2) is 11.4 Å². The van der Waals surface area contributed by atoms with E-state index in [1.54, 1.807) is 6.21 Å². The number of aromatic nitrogens is 2. The van der Waals surface area contributed by atoms with Crippen LogP contribution in [0, 0.1) is 24.3 Å². The maximum atomic E-state index is 13.6. The summed E-state index contributed by atoms with van der Waals surface area (Å²) in [6.07, 6.45) is 25.7. The van der Waals surface area contributed by atoms with Gasteiger partial charge in [0.2, 0.25) is 0 Å². The minimum atomic E-state index is -1.49. The second kappa shape index (κ2) is 19.6. The summed E-state index contributed by atoms with van der Waals surface area (Å²) in [5, 5.41) is 10.8. The van der Waals surface area contributed by atoms with Crippen LogP contribution in [0.1, 0.15) is 128 Å². The number of aryl methyl sites for hydroxylation is 1. The Morgan fingerprint density at radius 3 is 2.20 bits per heavy atom. The number of fused-ring (bicyclic) bond motifs is 1. The number of carbonyl (C=O) groups is 1. The molecule has 3 N–H and O–H groups in total. The van der Waals surface area contributed by atoms with E-state index in [0.29, 0.717) is 24.2 Å². The van der Waals surface area contributed by atoms with Gasteiger partial charge in [0.25, 0.3) is 0 Å². The minimum absolute atomic E-state index is 0.0266. The molecule has 1 fully saturated rings. The molecule has 0 amide bonds. The van der Waals surface area contributed by atoms with E-state index in [0.717, 1.165) is 19.3 Å². The number of nitrogen functional groups attached to an aromatic ring is 1. The molecule has 2 aliphatic heterocycles. The largest absolute Gasteiger partial charge is 0.508 e. The van der Waals surface area contributed by atoms with Gasteiger partial charge < -0.3 is 25.1 Å². The van der Waals surface area contributed by atoms with Crippen molar-refractivity contribution in [1.29, 1.82) is 0 Å². The molecule has 1 unspecified atom stereocenters. The number of hydrogen-bond donors (Lipinski definition) is 2. The molecule has 10 heteroatoms. The number of nitrogens with zero attached hydrogens (tertiary/aromatic N) is 3. The lowest BCUT2D eigenvalue weighted by molar-refractivity contribution is -0.0882. The predicted octanol–water partition coefficient (Wildman–Crippen LogP) is 7.40. The Kier molecular flexibility index (Phi) is 15.9. The monoisotopic (exact) mass is 616 g/mol. The molecule has 246 valence electrons. The topological polar surface area (TPSA) is 129 Å². The van der Waals surface area contributed by atoms with E-state index in [9.17, 15) is 14.3 Å². The summed E-state index contributed by atoms with van der Waals surface area (Å²) in [6.45, 7) is 2.21. The van der Waals surface area contributed by atoms with Crippen LogP contribution in [0.15, 0.2) is 4.99 Å². The zero-order chi connectivity index (χ0) is 31.6. The normalized spacial score (nSPS) is 22.7. The summed E-state index contributed by atoms with van der Waals surface area (Å²) in [5.41, 5.74) is 5.08. The number of aliphatic hydroxyl groups is 1. The van der Waals surface area contributed by atoms with Gasteiger partial charge in [0.05, 0.1) is 18.4 Å². The lowest BCUT2D eigenvalue weighted by Crippen LogP contribution is -2.43. The van der Waals surface area contributed by atoms with Crippen molar-refractivity contribution < 1.29 is 28.5 Å². The van der Waals surface area contributed by atoms with E-state index < -0.39 is 30.0 Å². The van der Waals surface area contributed by atoms with E-state index in [2.05, 4.69) is 27.8 Å². The van der Waals surface area contributed by atoms with E-state index in [1.165, 1.54) is 83.5 Å². The SMILES string of the molecule is C#C[C@]1(COC(=O)OCCCCCCCCCCCCCCCCCC)O[C@@H](C2C=Nc3c(N)nc(F)nc3CC2)C[C@@H]1O. The molecule has 1 aromatic rings. The Hall–Kier alpha value is -2.77. The fraction of sp³-hybridized carbons (Fsp3) is 0.765. The van der Waals surface area contributed by atoms with E-state index in [-0.39, 0.29) is 31.4 Å². The summed E-state index contributed by atoms with van der Waals surface area (Å²) in [6, 6.07) is 0. The number of terminal acetylenes is 1. The van der Waals surface area contributed by atoms with E-state index in [4.69, 9.17) is 26.4 Å². The summed E-state index contributed by atoms with van der Waals surface area (Å²) < 4.78 is 30.2. The molecule has 2 aliphatic rings. The summed E-state index contributed by atoms with van der Waals surface area (Å²) in [4.78, 5) is 23.9. The standard InChI is InChI=1S/C34H53FN4O5/c1-3-5-6-7-8-9-10-11-12-13-14-15-16-17-18-19-22-42-33(41)43-25-34(4-2)29(40)23-28(44-34)26-20-21-27-30(37-24-26)31(36)39-32(35)38-27/h2,24,26,28-29,40H,3,5-23,25H2,1H3,(H2,36,38,39)/t26?,28-,29+,34-/m1/s1. The smallest absolute Gasteiger partial charge is 0.434 e. The molecule has 3 heterocycles. The fourth-order valence-electron chi connectivity index (χ4n) is 6.02. The predicted molar refractivity (Wildman–Crippen MR) is 170 cm³/mol. The minimum Gasteiger partial charge on any atom is -0.434 e. The van der Waals surface area contributed by atoms with Gasteiger partial charge in [-0.25, -0.2) is 9.78 Å². The van der Waals surface area contributed by atoms with Gasteiger partial charge >= 0.3 is 12.2 Å². The van der Waals surface area contributed by atoms with Crippen molar-refractivity contribution in [1.82, 2.24) is 9.97 Å². The van der Waals surface area contributed by atoms with Crippen LogP contribution in [0.4, 0.5) is 20.7 Å². The highest BCUT2D eigenvalue weighted by molar-refractivity contribution is 5.73. The lowest BCUT2D eigenvalue weighted by atomic mass is 9.92. The molecular formula is C34H53FN4O5. The Labute approximate surface area is 263 Å². The summed E-state index contributed by atoms with van der Waals surface area (Å²) in [7, 11) is 0. The van der Waals surface area contributed by atoms with Gasteiger partial charge in [-0.2, -0.15) is 9.37 Å². The van der Waals surface area contributed by atoms with Crippen molar-refractivity contribution >= 4 is 23.9 Å². The molecule has 9 nitrogen and oxygen atoms in total. The second-order valence-electron chi connectivity index (χ2n) is 12.3. The lowest BCUT2D eigenvalue weighted by Gasteiger charge is -2.27. The number of carbonyl (C=O) groups excluding carboxylic acids is 1. The molecule has 0 spiro atoms. The van der Waals surface area contributed by atoms with Crippen LogP contribution in [0.2, 0.25) is 0 Å². The number of aliphatic imine (C=N–C) groups is 1. The molecule has 0 aliphatic carbocycles. The molecule has 0 bridgehead atoms. The zero-order valence-corrected chi connectivity index (χ0v) is 26.6. The molecule has 0 saturated carbocycles. The molecule has 4 atom stereocenters. The first kappa shape index (κ1) is 35.7. The first-order chi connectivity index (χ1) is 21.4. The summed E-state index contributed by atoms with van der Waals surface area (Å²) >= 11 is 0. The Bertz CT molecular complexity index is 1080. The third-order valence-electron chi connectivity index (χ3n) is 8.77. The third-order valence-corrected chi connectivity index (χ3v) is 8.77. The zero-order valence-electron chi connectivity index (χ0n) is 26.6. The van der Waals surface area contributed by atoms with Gasteiger partial charge in [0, 0.05) is 18.6 Å². The van der Waals surface area contributed by atoms with Gasteiger partial charge in [-0.3, -0.25) is 4.99 Å². The van der Waals surface area contributed by atoms with Crippen LogP contribution in [0.3, 0.4) is 0 Å². The quantitative estimate of drug-likeness (QED) is 0.0671. The van der Waals surface area contributed by atoms with Crippen LogP contribution < -0.4 is 5.73 Å². The van der Waals surface area contributed by atoms with E-state index in [1.807, 2.05) is 0 Å². The van der Waals surface area contributed by atoms with Crippen molar-refractivity contribution in [3.63, 3.8) is 0 Å². The number of rotatable bonds is 20. The number of ether oxygens (including phenoxy) is 3. The van der Waals surface area contributed by atoms with Crippen molar-refractivity contribution in [2.24, 2.45) is 10.9 Å². The Morgan fingerprint density at radius 2 is 1.61 bits per heavy atom. The van der Waals surface area contributed by atoms with Crippen LogP contribution in [-0.4, -0.2) is 58.5 Å². The van der Waals surface area contributed by atoms with Gasteiger partial charge in [-0.05, 0) is 19.3 Å². The maximum absolute atomic E-state index is 13.6. The number of hydrogen-bond acceptors (Lipinski definition) is 9. The van der Waals surface area contributed by atoms with Crippen LogP contribution in [-0.2, 0) is 20.6 Å². The van der Waals surface area contributed by atoms with Crippen LogP contribution >= 0.6 is 0 Å². The number of anilines is 1. The average molecular weight is 617 g/mol. The van der Waals surface area contributed by atoms with Crippen LogP contribution in [0.25, 0.3) is 0 Å². The maximum Gasteiger partial charge on any atom is 0.508 e. The van der Waals surface area contributed by atoms with Crippen molar-refractivity contribution in [2.75, 3.05) is 18.9 Å². The van der Waals surface area contributed by atoms with E-state index >= 15 is 0 Å². The Balaban J connectivity index is 1.23. The number of nitrogens with two attached hydrogens (primary N) is 1. The molecular weight excluding hydrogens is 563 g/mol. The van der Waals surface area contributed by atoms with Crippen molar-refractivity contribution in [2.45, 2.75) is 147 Å².